The predicted octanol–water partition coefficient (Wildman–Crippen LogP) is 4.15. The maximum Gasteiger partial charge on any atom is 0.315 e. The fraction of sp³-hybridized carbons (Fsp3) is 0.381. The third kappa shape index (κ3) is 4.34. The molecule has 2 N–H and O–H groups in total. The van der Waals surface area contributed by atoms with E-state index in [4.69, 9.17) is 4.74 Å². The minimum atomic E-state index is -0.277. The van der Waals surface area contributed by atoms with Crippen LogP contribution in [0.5, 0.6) is 5.75 Å². The molecule has 1 saturated carbocycles. The molecule has 4 nitrogen and oxygen atoms in total. The van der Waals surface area contributed by atoms with E-state index in [1.807, 2.05) is 12.1 Å². The Bertz CT molecular complexity index is 723. The summed E-state index contributed by atoms with van der Waals surface area (Å²) in [5, 5.41) is 5.86. The Balaban J connectivity index is 1.57. The van der Waals surface area contributed by atoms with Crippen molar-refractivity contribution in [2.75, 3.05) is 13.7 Å². The highest BCUT2D eigenvalue weighted by atomic mass is 19.1. The maximum atomic E-state index is 12.9. The molecule has 0 unspecified atom stereocenters. The first-order valence-electron chi connectivity index (χ1n) is 9.02. The van der Waals surface area contributed by atoms with E-state index < -0.39 is 0 Å². The summed E-state index contributed by atoms with van der Waals surface area (Å²) in [5.41, 5.74) is 2.10. The number of carbonyl (C=O) groups is 1. The van der Waals surface area contributed by atoms with Crippen molar-refractivity contribution >= 4 is 6.03 Å². The summed E-state index contributed by atoms with van der Waals surface area (Å²) < 4.78 is 18.2. The summed E-state index contributed by atoms with van der Waals surface area (Å²) in [6, 6.07) is 14.1. The zero-order valence-electron chi connectivity index (χ0n) is 15.1. The molecular weight excluding hydrogens is 331 g/mol. The Labute approximate surface area is 153 Å². The standard InChI is InChI=1S/C21H25FN2O2/c1-26-19-10-6-17(7-11-19)21(12-2-3-13-21)15-24-20(25)23-14-16-4-8-18(22)9-5-16/h4-11H,2-3,12-15H2,1H3,(H2,23,24,25). The summed E-state index contributed by atoms with van der Waals surface area (Å²) in [4.78, 5) is 12.2. The van der Waals surface area contributed by atoms with E-state index in [2.05, 4.69) is 22.8 Å². The molecule has 138 valence electrons. The van der Waals surface area contributed by atoms with Crippen LogP contribution in [0.1, 0.15) is 36.8 Å². The van der Waals surface area contributed by atoms with Gasteiger partial charge in [0.05, 0.1) is 7.11 Å². The Kier molecular flexibility index (Phi) is 5.76. The van der Waals surface area contributed by atoms with Gasteiger partial charge in [-0.3, -0.25) is 0 Å². The zero-order chi connectivity index (χ0) is 18.4. The van der Waals surface area contributed by atoms with Gasteiger partial charge in [0.25, 0.3) is 0 Å². The van der Waals surface area contributed by atoms with Crippen LogP contribution in [-0.4, -0.2) is 19.7 Å². The van der Waals surface area contributed by atoms with Crippen molar-refractivity contribution in [3.63, 3.8) is 0 Å². The molecule has 0 aliphatic heterocycles. The molecule has 0 atom stereocenters. The van der Waals surface area contributed by atoms with Gasteiger partial charge < -0.3 is 15.4 Å². The zero-order valence-corrected chi connectivity index (χ0v) is 15.1. The van der Waals surface area contributed by atoms with E-state index in [0.717, 1.165) is 24.2 Å². The molecule has 2 aromatic carbocycles. The van der Waals surface area contributed by atoms with Crippen LogP contribution < -0.4 is 15.4 Å². The van der Waals surface area contributed by atoms with Crippen molar-refractivity contribution in [3.8, 4) is 5.75 Å². The number of rotatable bonds is 6. The number of methoxy groups -OCH3 is 1. The number of hydrogen-bond acceptors (Lipinski definition) is 2. The van der Waals surface area contributed by atoms with Gasteiger partial charge in [0.15, 0.2) is 0 Å². The number of benzene rings is 2. The average molecular weight is 356 g/mol. The lowest BCUT2D eigenvalue weighted by atomic mass is 9.79. The molecule has 0 aromatic heterocycles. The van der Waals surface area contributed by atoms with Crippen molar-refractivity contribution in [2.24, 2.45) is 0 Å². The van der Waals surface area contributed by atoms with Gasteiger partial charge in [-0.1, -0.05) is 37.1 Å². The molecule has 0 radical (unpaired) electrons. The lowest BCUT2D eigenvalue weighted by Gasteiger charge is -2.30. The molecule has 2 amide bonds. The lowest BCUT2D eigenvalue weighted by molar-refractivity contribution is 0.236. The van der Waals surface area contributed by atoms with Crippen LogP contribution in [0.2, 0.25) is 0 Å². The Morgan fingerprint density at radius 3 is 2.31 bits per heavy atom. The number of carbonyl (C=O) groups excluding carboxylic acids is 1. The van der Waals surface area contributed by atoms with Crippen molar-refractivity contribution in [1.29, 1.82) is 0 Å². The molecule has 2 aromatic rings. The minimum absolute atomic E-state index is 0.0144. The normalized spacial score (nSPS) is 15.5. The van der Waals surface area contributed by atoms with E-state index in [1.54, 1.807) is 19.2 Å². The van der Waals surface area contributed by atoms with Gasteiger partial charge >= 0.3 is 6.03 Å². The smallest absolute Gasteiger partial charge is 0.315 e. The number of halogens is 1. The first-order chi connectivity index (χ1) is 12.6. The van der Waals surface area contributed by atoms with Crippen LogP contribution in [0.3, 0.4) is 0 Å². The first kappa shape index (κ1) is 18.2. The maximum absolute atomic E-state index is 12.9. The van der Waals surface area contributed by atoms with E-state index in [1.165, 1.54) is 30.5 Å². The number of urea groups is 1. The van der Waals surface area contributed by atoms with Gasteiger partial charge in [-0.15, -0.1) is 0 Å². The van der Waals surface area contributed by atoms with Gasteiger partial charge in [-0.05, 0) is 48.2 Å². The van der Waals surface area contributed by atoms with Crippen molar-refractivity contribution in [1.82, 2.24) is 10.6 Å². The molecule has 0 bridgehead atoms. The number of hydrogen-bond donors (Lipinski definition) is 2. The highest BCUT2D eigenvalue weighted by Gasteiger charge is 2.35. The van der Waals surface area contributed by atoms with Crippen LogP contribution in [0.4, 0.5) is 9.18 Å². The number of nitrogens with one attached hydrogen (secondary N) is 2. The van der Waals surface area contributed by atoms with Crippen LogP contribution >= 0.6 is 0 Å². The quantitative estimate of drug-likeness (QED) is 0.817. The molecule has 0 spiro atoms. The van der Waals surface area contributed by atoms with Crippen LogP contribution in [0, 0.1) is 5.82 Å². The van der Waals surface area contributed by atoms with Crippen molar-refractivity contribution in [2.45, 2.75) is 37.6 Å². The lowest BCUT2D eigenvalue weighted by Crippen LogP contribution is -2.43. The summed E-state index contributed by atoms with van der Waals surface area (Å²) in [6.45, 7) is 0.982. The van der Waals surface area contributed by atoms with E-state index >= 15 is 0 Å². The summed E-state index contributed by atoms with van der Waals surface area (Å²) in [6.07, 6.45) is 4.48. The predicted molar refractivity (Wildman–Crippen MR) is 99.8 cm³/mol. The Morgan fingerprint density at radius 1 is 1.04 bits per heavy atom. The molecule has 0 heterocycles. The second kappa shape index (κ2) is 8.21. The summed E-state index contributed by atoms with van der Waals surface area (Å²) in [7, 11) is 1.66. The minimum Gasteiger partial charge on any atom is -0.497 e. The van der Waals surface area contributed by atoms with Gasteiger partial charge in [-0.2, -0.15) is 0 Å². The Morgan fingerprint density at radius 2 is 1.69 bits per heavy atom. The van der Waals surface area contributed by atoms with E-state index in [9.17, 15) is 9.18 Å². The fourth-order valence-electron chi connectivity index (χ4n) is 3.66. The van der Waals surface area contributed by atoms with Crippen LogP contribution in [0.25, 0.3) is 0 Å². The third-order valence-electron chi connectivity index (χ3n) is 5.22. The van der Waals surface area contributed by atoms with Crippen LogP contribution in [-0.2, 0) is 12.0 Å². The number of amides is 2. The third-order valence-corrected chi connectivity index (χ3v) is 5.22. The van der Waals surface area contributed by atoms with Crippen LogP contribution in [0.15, 0.2) is 48.5 Å². The second-order valence-electron chi connectivity index (χ2n) is 6.88. The molecule has 0 saturated heterocycles. The number of ether oxygens (including phenoxy) is 1. The molecule has 1 fully saturated rings. The fourth-order valence-corrected chi connectivity index (χ4v) is 3.66. The molecule has 3 rings (SSSR count). The van der Waals surface area contributed by atoms with Gasteiger partial charge in [-0.25, -0.2) is 9.18 Å². The van der Waals surface area contributed by atoms with Gasteiger partial charge in [0, 0.05) is 18.5 Å². The highest BCUT2D eigenvalue weighted by molar-refractivity contribution is 5.74. The van der Waals surface area contributed by atoms with E-state index in [-0.39, 0.29) is 17.3 Å². The molecule has 26 heavy (non-hydrogen) atoms. The van der Waals surface area contributed by atoms with Gasteiger partial charge in [0.1, 0.15) is 11.6 Å². The summed E-state index contributed by atoms with van der Waals surface area (Å²) in [5.74, 6) is 0.563. The van der Waals surface area contributed by atoms with Crippen molar-refractivity contribution in [3.05, 3.63) is 65.5 Å². The SMILES string of the molecule is COc1ccc(C2(CNC(=O)NCc3ccc(F)cc3)CCCC2)cc1. The average Bonchev–Trinajstić information content (AvgIpc) is 3.16. The molecule has 5 heteroatoms. The topological polar surface area (TPSA) is 50.4 Å². The molecule has 1 aliphatic carbocycles. The Hall–Kier alpha value is -2.56. The van der Waals surface area contributed by atoms with Gasteiger partial charge in [0.2, 0.25) is 0 Å². The largest absolute Gasteiger partial charge is 0.497 e. The molecule has 1 aliphatic rings. The highest BCUT2D eigenvalue weighted by Crippen LogP contribution is 2.41. The first-order valence-corrected chi connectivity index (χ1v) is 9.02. The van der Waals surface area contributed by atoms with E-state index in [0.29, 0.717) is 13.1 Å². The summed E-state index contributed by atoms with van der Waals surface area (Å²) >= 11 is 0. The second-order valence-corrected chi connectivity index (χ2v) is 6.88. The monoisotopic (exact) mass is 356 g/mol. The molecular formula is C21H25FN2O2. The van der Waals surface area contributed by atoms with Crippen molar-refractivity contribution < 1.29 is 13.9 Å².